The average molecular weight is 320 g/mol. The van der Waals surface area contributed by atoms with E-state index in [0.29, 0.717) is 16.6 Å². The van der Waals surface area contributed by atoms with Gasteiger partial charge in [0.05, 0.1) is 5.02 Å². The molecule has 1 heterocycles. The van der Waals surface area contributed by atoms with Crippen molar-refractivity contribution >= 4 is 29.3 Å². The van der Waals surface area contributed by atoms with Crippen LogP contribution >= 0.6 is 23.2 Å². The Morgan fingerprint density at radius 2 is 2.15 bits per heavy atom. The molecular weight excluding hydrogens is 301 g/mol. The van der Waals surface area contributed by atoms with Gasteiger partial charge in [0.1, 0.15) is 10.8 Å². The van der Waals surface area contributed by atoms with Crippen LogP contribution in [-0.4, -0.2) is 29.3 Å². The fraction of sp³-hybridized carbons (Fsp3) is 0.538. The Morgan fingerprint density at radius 1 is 1.50 bits per heavy atom. The number of nitrogens with zero attached hydrogens (tertiary/aromatic N) is 1. The number of hydrogen-bond acceptors (Lipinski definition) is 4. The fourth-order valence-corrected chi connectivity index (χ4v) is 1.90. The predicted molar refractivity (Wildman–Crippen MR) is 80.2 cm³/mol. The number of ether oxygens (including phenoxy) is 1. The zero-order chi connectivity index (χ0) is 15.3. The Labute approximate surface area is 128 Å². The number of nitrogens with two attached hydrogens (primary N) is 1. The molecule has 1 aromatic heterocycles. The van der Waals surface area contributed by atoms with Gasteiger partial charge in [-0.25, -0.2) is 9.78 Å². The number of amides is 1. The molecule has 20 heavy (non-hydrogen) atoms. The Bertz CT molecular complexity index is 475. The standard InChI is InChI=1S/C13H19Cl2N3O2/c1-13(2,3)20-12(19)18-9(6-16)4-8-5-11(15)17-7-10(8)14/h5,7,9H,4,6,16H2,1-3H3,(H,18,19). The van der Waals surface area contributed by atoms with Gasteiger partial charge < -0.3 is 15.8 Å². The van der Waals surface area contributed by atoms with E-state index in [1.54, 1.807) is 26.8 Å². The summed E-state index contributed by atoms with van der Waals surface area (Å²) in [6.07, 6.45) is 1.42. The maximum atomic E-state index is 11.7. The van der Waals surface area contributed by atoms with Crippen molar-refractivity contribution in [3.8, 4) is 0 Å². The number of carbonyl (C=O) groups excluding carboxylic acids is 1. The zero-order valence-electron chi connectivity index (χ0n) is 11.7. The summed E-state index contributed by atoms with van der Waals surface area (Å²) in [5.74, 6) is 0. The summed E-state index contributed by atoms with van der Waals surface area (Å²) < 4.78 is 5.18. The summed E-state index contributed by atoms with van der Waals surface area (Å²) in [5.41, 5.74) is 5.88. The first-order valence-corrected chi connectivity index (χ1v) is 6.96. The summed E-state index contributed by atoms with van der Waals surface area (Å²) >= 11 is 11.9. The summed E-state index contributed by atoms with van der Waals surface area (Å²) in [4.78, 5) is 15.6. The van der Waals surface area contributed by atoms with E-state index >= 15 is 0 Å². The molecule has 0 aliphatic heterocycles. The number of nitrogens with one attached hydrogen (secondary N) is 1. The number of pyridine rings is 1. The summed E-state index contributed by atoms with van der Waals surface area (Å²) in [6.45, 7) is 5.64. The number of halogens is 2. The highest BCUT2D eigenvalue weighted by molar-refractivity contribution is 6.32. The van der Waals surface area contributed by atoms with Crippen LogP contribution in [0.4, 0.5) is 4.79 Å². The maximum absolute atomic E-state index is 11.7. The highest BCUT2D eigenvalue weighted by Crippen LogP contribution is 2.19. The third-order valence-corrected chi connectivity index (χ3v) is 2.92. The molecule has 7 heteroatoms. The minimum atomic E-state index is -0.555. The van der Waals surface area contributed by atoms with Gasteiger partial charge in [0.25, 0.3) is 0 Å². The van der Waals surface area contributed by atoms with Gasteiger partial charge in [-0.1, -0.05) is 23.2 Å². The van der Waals surface area contributed by atoms with Crippen molar-refractivity contribution in [3.63, 3.8) is 0 Å². The van der Waals surface area contributed by atoms with Crippen LogP contribution < -0.4 is 11.1 Å². The molecule has 0 spiro atoms. The Kier molecular flexibility index (Phi) is 6.05. The molecule has 1 unspecified atom stereocenters. The van der Waals surface area contributed by atoms with Gasteiger partial charge in [-0.3, -0.25) is 0 Å². The van der Waals surface area contributed by atoms with Crippen molar-refractivity contribution in [2.45, 2.75) is 38.8 Å². The molecule has 1 aromatic rings. The van der Waals surface area contributed by atoms with Crippen molar-refractivity contribution in [2.24, 2.45) is 5.73 Å². The van der Waals surface area contributed by atoms with E-state index in [4.69, 9.17) is 33.7 Å². The van der Waals surface area contributed by atoms with Crippen molar-refractivity contribution in [1.82, 2.24) is 10.3 Å². The van der Waals surface area contributed by atoms with Crippen molar-refractivity contribution < 1.29 is 9.53 Å². The normalized spacial score (nSPS) is 12.9. The number of aromatic nitrogens is 1. The molecule has 0 aromatic carbocycles. The van der Waals surface area contributed by atoms with Crippen LogP contribution in [0.25, 0.3) is 0 Å². The molecule has 3 N–H and O–H groups in total. The van der Waals surface area contributed by atoms with E-state index < -0.39 is 11.7 Å². The van der Waals surface area contributed by atoms with E-state index in [9.17, 15) is 4.79 Å². The Hall–Kier alpha value is -1.04. The molecule has 0 saturated heterocycles. The third kappa shape index (κ3) is 5.94. The zero-order valence-corrected chi connectivity index (χ0v) is 13.3. The molecule has 0 aliphatic rings. The van der Waals surface area contributed by atoms with Crippen LogP contribution in [-0.2, 0) is 11.2 Å². The van der Waals surface area contributed by atoms with Gasteiger partial charge in [-0.05, 0) is 38.8 Å². The quantitative estimate of drug-likeness (QED) is 0.836. The SMILES string of the molecule is CC(C)(C)OC(=O)NC(CN)Cc1cc(Cl)ncc1Cl. The second-order valence-corrected chi connectivity index (χ2v) is 6.18. The molecule has 0 aliphatic carbocycles. The molecule has 1 rings (SSSR count). The smallest absolute Gasteiger partial charge is 0.407 e. The first-order chi connectivity index (χ1) is 9.21. The third-order valence-electron chi connectivity index (χ3n) is 2.37. The lowest BCUT2D eigenvalue weighted by Gasteiger charge is -2.23. The van der Waals surface area contributed by atoms with Gasteiger partial charge in [0.15, 0.2) is 0 Å². The van der Waals surface area contributed by atoms with Gasteiger partial charge in [-0.15, -0.1) is 0 Å². The van der Waals surface area contributed by atoms with Crippen molar-refractivity contribution in [3.05, 3.63) is 28.0 Å². The van der Waals surface area contributed by atoms with Crippen LogP contribution in [0, 0.1) is 0 Å². The average Bonchev–Trinajstić information content (AvgIpc) is 2.30. The molecule has 1 amide bonds. The molecule has 0 fully saturated rings. The van der Waals surface area contributed by atoms with Crippen LogP contribution in [0.3, 0.4) is 0 Å². The van der Waals surface area contributed by atoms with Crippen LogP contribution in [0.15, 0.2) is 12.3 Å². The Balaban J connectivity index is 2.68. The lowest BCUT2D eigenvalue weighted by Crippen LogP contribution is -2.44. The van der Waals surface area contributed by atoms with Crippen LogP contribution in [0.5, 0.6) is 0 Å². The van der Waals surface area contributed by atoms with Crippen LogP contribution in [0.2, 0.25) is 10.2 Å². The monoisotopic (exact) mass is 319 g/mol. The van der Waals surface area contributed by atoms with E-state index in [1.807, 2.05) is 0 Å². The predicted octanol–water partition coefficient (Wildman–Crippen LogP) is 2.78. The molecule has 0 bridgehead atoms. The topological polar surface area (TPSA) is 77.2 Å². The number of hydrogen-bond donors (Lipinski definition) is 2. The highest BCUT2D eigenvalue weighted by Gasteiger charge is 2.19. The summed E-state index contributed by atoms with van der Waals surface area (Å²) in [5, 5.41) is 3.54. The number of rotatable bonds is 4. The van der Waals surface area contributed by atoms with Crippen LogP contribution in [0.1, 0.15) is 26.3 Å². The van der Waals surface area contributed by atoms with Gasteiger partial charge in [-0.2, -0.15) is 0 Å². The number of alkyl carbamates (subject to hydrolysis) is 1. The molecule has 5 nitrogen and oxygen atoms in total. The minimum Gasteiger partial charge on any atom is -0.444 e. The van der Waals surface area contributed by atoms with Gasteiger partial charge in [0, 0.05) is 18.8 Å². The second kappa shape index (κ2) is 7.11. The minimum absolute atomic E-state index is 0.259. The number of carbonyl (C=O) groups is 1. The van der Waals surface area contributed by atoms with Crippen molar-refractivity contribution in [2.75, 3.05) is 6.54 Å². The van der Waals surface area contributed by atoms with Gasteiger partial charge >= 0.3 is 6.09 Å². The maximum Gasteiger partial charge on any atom is 0.407 e. The largest absolute Gasteiger partial charge is 0.444 e. The first kappa shape index (κ1) is 17.0. The summed E-state index contributed by atoms with van der Waals surface area (Å²) in [7, 11) is 0. The molecule has 0 saturated carbocycles. The molecule has 112 valence electrons. The molecular formula is C13H19Cl2N3O2. The highest BCUT2D eigenvalue weighted by atomic mass is 35.5. The lowest BCUT2D eigenvalue weighted by molar-refractivity contribution is 0.0506. The first-order valence-electron chi connectivity index (χ1n) is 6.21. The lowest BCUT2D eigenvalue weighted by atomic mass is 10.1. The van der Waals surface area contributed by atoms with E-state index in [-0.39, 0.29) is 12.6 Å². The van der Waals surface area contributed by atoms with E-state index in [2.05, 4.69) is 10.3 Å². The van der Waals surface area contributed by atoms with E-state index in [0.717, 1.165) is 5.56 Å². The van der Waals surface area contributed by atoms with Gasteiger partial charge in [0.2, 0.25) is 0 Å². The molecule has 1 atom stereocenters. The second-order valence-electron chi connectivity index (χ2n) is 5.38. The molecule has 0 radical (unpaired) electrons. The Morgan fingerprint density at radius 3 is 2.70 bits per heavy atom. The van der Waals surface area contributed by atoms with Crippen molar-refractivity contribution in [1.29, 1.82) is 0 Å². The van der Waals surface area contributed by atoms with E-state index in [1.165, 1.54) is 6.20 Å². The summed E-state index contributed by atoms with van der Waals surface area (Å²) in [6, 6.07) is 1.37. The fourth-order valence-electron chi connectivity index (χ4n) is 1.54.